The Morgan fingerprint density at radius 1 is 1.45 bits per heavy atom. The van der Waals surface area contributed by atoms with Gasteiger partial charge in [-0.2, -0.15) is 9.61 Å². The normalized spacial score (nSPS) is 11.9. The molecule has 0 atom stereocenters. The predicted molar refractivity (Wildman–Crippen MR) is 81.3 cm³/mol. The van der Waals surface area contributed by atoms with Crippen LogP contribution in [-0.2, 0) is 16.6 Å². The number of nitrogens with zero attached hydrogens (tertiary/aromatic N) is 2. The minimum Gasteiger partial charge on any atom is -0.462 e. The fourth-order valence-electron chi connectivity index (χ4n) is 2.39. The quantitative estimate of drug-likeness (QED) is 0.822. The maximum absolute atomic E-state index is 12.6. The van der Waals surface area contributed by atoms with Crippen molar-refractivity contribution in [2.75, 3.05) is 13.2 Å². The van der Waals surface area contributed by atoms with Crippen LogP contribution in [-0.4, -0.2) is 38.9 Å². The zero-order chi connectivity index (χ0) is 16.5. The first-order valence-corrected chi connectivity index (χ1v) is 7.22. The van der Waals surface area contributed by atoms with E-state index < -0.39 is 5.97 Å². The van der Waals surface area contributed by atoms with Crippen molar-refractivity contribution < 1.29 is 14.6 Å². The highest BCUT2D eigenvalue weighted by molar-refractivity contribution is 5.95. The summed E-state index contributed by atoms with van der Waals surface area (Å²) in [5.41, 5.74) is 1.02. The van der Waals surface area contributed by atoms with Gasteiger partial charge < -0.3 is 14.8 Å². The Morgan fingerprint density at radius 3 is 2.68 bits per heavy atom. The van der Waals surface area contributed by atoms with Crippen molar-refractivity contribution in [3.63, 3.8) is 0 Å². The van der Waals surface area contributed by atoms with Crippen molar-refractivity contribution in [2.45, 2.75) is 39.5 Å². The molecule has 22 heavy (non-hydrogen) atoms. The molecular formula is C15H21N3O4. The molecule has 2 aromatic rings. The monoisotopic (exact) mass is 307 g/mol. The Labute approximate surface area is 127 Å². The Bertz CT molecular complexity index is 752. The molecule has 0 bridgehead atoms. The van der Waals surface area contributed by atoms with Crippen LogP contribution < -0.4 is 5.56 Å². The number of H-pyrrole nitrogens is 1. The largest absolute Gasteiger partial charge is 0.462 e. The van der Waals surface area contributed by atoms with Crippen molar-refractivity contribution in [1.82, 2.24) is 14.6 Å². The predicted octanol–water partition coefficient (Wildman–Crippen LogP) is 1.03. The smallest absolute Gasteiger partial charge is 0.343 e. The minimum absolute atomic E-state index is 0.135. The third kappa shape index (κ3) is 2.76. The number of hydrogen-bond donors (Lipinski definition) is 2. The molecule has 2 rings (SSSR count). The van der Waals surface area contributed by atoms with Crippen LogP contribution in [0.2, 0.25) is 0 Å². The van der Waals surface area contributed by atoms with Crippen LogP contribution in [0.5, 0.6) is 0 Å². The van der Waals surface area contributed by atoms with E-state index in [0.717, 1.165) is 4.52 Å². The Hall–Kier alpha value is -2.15. The molecule has 120 valence electrons. The topological polar surface area (TPSA) is 96.7 Å². The van der Waals surface area contributed by atoms with Crippen molar-refractivity contribution >= 4 is 11.6 Å². The number of fused-ring (bicyclic) bond motifs is 1. The number of esters is 1. The maximum Gasteiger partial charge on any atom is 0.343 e. The SMILES string of the molecule is CCOC(=O)c1cnn2c(=O)c(CCO)c(C(C)(C)C)[nH]c12. The highest BCUT2D eigenvalue weighted by Crippen LogP contribution is 2.24. The number of aliphatic hydroxyl groups is 1. The van der Waals surface area contributed by atoms with E-state index in [-0.39, 0.29) is 36.2 Å². The van der Waals surface area contributed by atoms with Crippen LogP contribution in [0.1, 0.15) is 49.3 Å². The van der Waals surface area contributed by atoms with Crippen LogP contribution in [0.25, 0.3) is 5.65 Å². The fraction of sp³-hybridized carbons (Fsp3) is 0.533. The lowest BCUT2D eigenvalue weighted by molar-refractivity contribution is 0.0528. The van der Waals surface area contributed by atoms with Crippen molar-refractivity contribution in [1.29, 1.82) is 0 Å². The summed E-state index contributed by atoms with van der Waals surface area (Å²) in [6.45, 7) is 7.69. The molecule has 0 aromatic carbocycles. The van der Waals surface area contributed by atoms with Gasteiger partial charge in [0.1, 0.15) is 5.56 Å². The summed E-state index contributed by atoms with van der Waals surface area (Å²) in [5, 5.41) is 13.2. The first-order valence-electron chi connectivity index (χ1n) is 7.22. The summed E-state index contributed by atoms with van der Waals surface area (Å²) in [7, 11) is 0. The second-order valence-corrected chi connectivity index (χ2v) is 6.05. The lowest BCUT2D eigenvalue weighted by Crippen LogP contribution is -2.29. The van der Waals surface area contributed by atoms with Crippen LogP contribution in [0.4, 0.5) is 0 Å². The molecule has 2 heterocycles. The van der Waals surface area contributed by atoms with Gasteiger partial charge in [-0.05, 0) is 6.92 Å². The molecule has 0 saturated carbocycles. The van der Waals surface area contributed by atoms with Gasteiger partial charge in [0.05, 0.1) is 12.8 Å². The van der Waals surface area contributed by atoms with Gasteiger partial charge in [0.15, 0.2) is 5.65 Å². The molecule has 0 saturated heterocycles. The molecular weight excluding hydrogens is 286 g/mol. The summed E-state index contributed by atoms with van der Waals surface area (Å²) < 4.78 is 6.13. The highest BCUT2D eigenvalue weighted by atomic mass is 16.5. The third-order valence-electron chi connectivity index (χ3n) is 3.37. The fourth-order valence-corrected chi connectivity index (χ4v) is 2.39. The third-order valence-corrected chi connectivity index (χ3v) is 3.37. The molecule has 7 heteroatoms. The summed E-state index contributed by atoms with van der Waals surface area (Å²) in [4.78, 5) is 27.7. The Kier molecular flexibility index (Phi) is 4.37. The Morgan fingerprint density at radius 2 is 2.14 bits per heavy atom. The number of nitrogens with one attached hydrogen (secondary N) is 1. The lowest BCUT2D eigenvalue weighted by atomic mass is 9.88. The molecule has 0 amide bonds. The first kappa shape index (κ1) is 16.2. The van der Waals surface area contributed by atoms with Gasteiger partial charge >= 0.3 is 5.97 Å². The summed E-state index contributed by atoms with van der Waals surface area (Å²) in [6.07, 6.45) is 1.55. The van der Waals surface area contributed by atoms with Gasteiger partial charge in [-0.3, -0.25) is 4.79 Å². The van der Waals surface area contributed by atoms with E-state index in [1.807, 2.05) is 20.8 Å². The van der Waals surface area contributed by atoms with Crippen LogP contribution >= 0.6 is 0 Å². The van der Waals surface area contributed by atoms with Gasteiger partial charge in [0.25, 0.3) is 5.56 Å². The van der Waals surface area contributed by atoms with Gasteiger partial charge in [0, 0.05) is 29.7 Å². The van der Waals surface area contributed by atoms with E-state index in [2.05, 4.69) is 10.1 Å². The van der Waals surface area contributed by atoms with Gasteiger partial charge in [-0.25, -0.2) is 4.79 Å². The number of aromatic nitrogens is 3. The molecule has 0 spiro atoms. The molecule has 7 nitrogen and oxygen atoms in total. The van der Waals surface area contributed by atoms with Gasteiger partial charge in [-0.1, -0.05) is 20.8 Å². The van der Waals surface area contributed by atoms with Gasteiger partial charge in [0.2, 0.25) is 0 Å². The number of carbonyl (C=O) groups excluding carboxylic acids is 1. The number of hydrogen-bond acceptors (Lipinski definition) is 5. The lowest BCUT2D eigenvalue weighted by Gasteiger charge is -2.22. The molecule has 2 aromatic heterocycles. The molecule has 0 fully saturated rings. The van der Waals surface area contributed by atoms with Crippen molar-refractivity contribution in [3.8, 4) is 0 Å². The zero-order valence-electron chi connectivity index (χ0n) is 13.3. The minimum atomic E-state index is -0.525. The van der Waals surface area contributed by atoms with Crippen LogP contribution in [0, 0.1) is 0 Å². The number of carbonyl (C=O) groups is 1. The summed E-state index contributed by atoms with van der Waals surface area (Å²) in [6, 6.07) is 0. The van der Waals surface area contributed by atoms with Crippen LogP contribution in [0.15, 0.2) is 11.0 Å². The second kappa shape index (κ2) is 5.92. The molecule has 0 radical (unpaired) electrons. The van der Waals surface area contributed by atoms with Gasteiger partial charge in [-0.15, -0.1) is 0 Å². The molecule has 0 unspecified atom stereocenters. The average Bonchev–Trinajstić information content (AvgIpc) is 2.85. The highest BCUT2D eigenvalue weighted by Gasteiger charge is 2.25. The van der Waals surface area contributed by atoms with E-state index in [9.17, 15) is 14.7 Å². The van der Waals surface area contributed by atoms with Crippen LogP contribution in [0.3, 0.4) is 0 Å². The number of ether oxygens (including phenoxy) is 1. The van der Waals surface area contributed by atoms with E-state index in [1.54, 1.807) is 6.92 Å². The van der Waals surface area contributed by atoms with E-state index in [1.165, 1.54) is 6.20 Å². The Balaban J connectivity index is 2.76. The standard InChI is InChI=1S/C15H21N3O4/c1-5-22-14(21)10-8-16-18-12(10)17-11(15(2,3)4)9(6-7-19)13(18)20/h8,17,19H,5-7H2,1-4H3. The number of rotatable bonds is 4. The van der Waals surface area contributed by atoms with E-state index >= 15 is 0 Å². The second-order valence-electron chi connectivity index (χ2n) is 6.05. The molecule has 0 aliphatic carbocycles. The average molecular weight is 307 g/mol. The van der Waals surface area contributed by atoms with E-state index in [4.69, 9.17) is 4.74 Å². The van der Waals surface area contributed by atoms with Crippen molar-refractivity contribution in [3.05, 3.63) is 33.4 Å². The maximum atomic E-state index is 12.6. The molecule has 2 N–H and O–H groups in total. The summed E-state index contributed by atoms with van der Waals surface area (Å²) >= 11 is 0. The first-order chi connectivity index (χ1) is 10.3. The molecule has 0 aliphatic heterocycles. The number of aliphatic hydroxyl groups excluding tert-OH is 1. The zero-order valence-corrected chi connectivity index (χ0v) is 13.3. The number of aromatic amines is 1. The van der Waals surface area contributed by atoms with E-state index in [0.29, 0.717) is 16.9 Å². The van der Waals surface area contributed by atoms with Crippen molar-refractivity contribution in [2.24, 2.45) is 0 Å². The molecule has 0 aliphatic rings. The summed E-state index contributed by atoms with van der Waals surface area (Å²) in [5.74, 6) is -0.525.